The first-order valence-electron chi connectivity index (χ1n) is 19.3. The van der Waals surface area contributed by atoms with Gasteiger partial charge in [-0.3, -0.25) is 0 Å². The lowest BCUT2D eigenvalue weighted by atomic mass is 9.89. The van der Waals surface area contributed by atoms with Gasteiger partial charge in [-0.25, -0.2) is 0 Å². The highest BCUT2D eigenvalue weighted by molar-refractivity contribution is 6.09. The Hall–Kier alpha value is -7.22. The van der Waals surface area contributed by atoms with Crippen molar-refractivity contribution in [3.63, 3.8) is 0 Å². The van der Waals surface area contributed by atoms with Crippen LogP contribution in [0.5, 0.6) is 0 Å². The van der Waals surface area contributed by atoms with Gasteiger partial charge >= 0.3 is 0 Å². The molecule has 0 aliphatic rings. The molecule has 10 aromatic carbocycles. The number of aryl methyl sites for hydroxylation is 1. The van der Waals surface area contributed by atoms with Crippen LogP contribution in [0.25, 0.3) is 76.8 Å². The molecule has 0 unspecified atom stereocenters. The maximum atomic E-state index is 2.41. The molecule has 0 radical (unpaired) electrons. The normalized spacial score (nSPS) is 11.3. The molecule has 10 aromatic rings. The quantitative estimate of drug-likeness (QED) is 0.159. The SMILES string of the molecule is Cc1ccc(-c2ccc(N(c3ccc(-c4ccccc4)cc3)c3ccc(-c4ccc5ccccc5c4)c4ccccc34)cc2)c2c(-c3ccccc3)cccc12. The van der Waals surface area contributed by atoms with E-state index in [1.807, 2.05) is 0 Å². The molecule has 0 amide bonds. The van der Waals surface area contributed by atoms with E-state index in [2.05, 4.69) is 230 Å². The van der Waals surface area contributed by atoms with Crippen molar-refractivity contribution < 1.29 is 0 Å². The van der Waals surface area contributed by atoms with Gasteiger partial charge in [-0.05, 0) is 120 Å². The Morgan fingerprint density at radius 2 is 0.821 bits per heavy atom. The molecule has 0 saturated heterocycles. The fourth-order valence-corrected chi connectivity index (χ4v) is 8.39. The molecular formula is C55H39N. The second kappa shape index (κ2) is 14.2. The largest absolute Gasteiger partial charge is 0.310 e. The standard InChI is InChI=1S/C55H39N/c1-38-23-34-51(55-48(38)21-12-22-50(55)42-16-6-3-7-17-42)43-28-32-47(33-29-43)56(46-30-26-41(27-31-46)39-13-4-2-5-14-39)54-36-35-49(52-19-10-11-20-53(52)54)45-25-24-40-15-8-9-18-44(40)37-45/h2-37H,1H3. The summed E-state index contributed by atoms with van der Waals surface area (Å²) in [5, 5.41) is 7.49. The van der Waals surface area contributed by atoms with E-state index in [1.54, 1.807) is 0 Å². The first-order chi connectivity index (χ1) is 27.7. The van der Waals surface area contributed by atoms with Gasteiger partial charge in [0.1, 0.15) is 0 Å². The van der Waals surface area contributed by atoms with Crippen LogP contribution in [0, 0.1) is 6.92 Å². The van der Waals surface area contributed by atoms with Crippen LogP contribution < -0.4 is 4.90 Å². The molecule has 0 spiro atoms. The molecule has 0 heterocycles. The lowest BCUT2D eigenvalue weighted by Gasteiger charge is -2.28. The summed E-state index contributed by atoms with van der Waals surface area (Å²) in [4.78, 5) is 2.41. The van der Waals surface area contributed by atoms with Crippen LogP contribution in [0.15, 0.2) is 218 Å². The first-order valence-corrected chi connectivity index (χ1v) is 19.3. The Kier molecular flexibility index (Phi) is 8.46. The third-order valence-electron chi connectivity index (χ3n) is 11.2. The maximum absolute atomic E-state index is 2.41. The summed E-state index contributed by atoms with van der Waals surface area (Å²) in [6.45, 7) is 2.21. The van der Waals surface area contributed by atoms with Crippen LogP contribution in [-0.2, 0) is 0 Å². The molecule has 264 valence electrons. The summed E-state index contributed by atoms with van der Waals surface area (Å²) in [6.07, 6.45) is 0. The van der Waals surface area contributed by atoms with Crippen LogP contribution in [0.3, 0.4) is 0 Å². The minimum absolute atomic E-state index is 1.10. The van der Waals surface area contributed by atoms with Crippen molar-refractivity contribution in [3.8, 4) is 44.5 Å². The van der Waals surface area contributed by atoms with Gasteiger partial charge in [0.05, 0.1) is 5.69 Å². The summed E-state index contributed by atoms with van der Waals surface area (Å²) in [5.74, 6) is 0. The van der Waals surface area contributed by atoms with Crippen LogP contribution in [0.4, 0.5) is 17.1 Å². The lowest BCUT2D eigenvalue weighted by molar-refractivity contribution is 1.30. The fraction of sp³-hybridized carbons (Fsp3) is 0.0182. The van der Waals surface area contributed by atoms with Crippen LogP contribution in [-0.4, -0.2) is 0 Å². The summed E-state index contributed by atoms with van der Waals surface area (Å²) >= 11 is 0. The Morgan fingerprint density at radius 1 is 0.304 bits per heavy atom. The average molecular weight is 714 g/mol. The highest BCUT2D eigenvalue weighted by atomic mass is 15.1. The van der Waals surface area contributed by atoms with E-state index in [4.69, 9.17) is 0 Å². The highest BCUT2D eigenvalue weighted by Gasteiger charge is 2.19. The third-order valence-corrected chi connectivity index (χ3v) is 11.2. The van der Waals surface area contributed by atoms with Crippen LogP contribution >= 0.6 is 0 Å². The molecule has 0 aliphatic heterocycles. The van der Waals surface area contributed by atoms with E-state index in [1.165, 1.54) is 82.4 Å². The molecule has 0 saturated carbocycles. The van der Waals surface area contributed by atoms with Gasteiger partial charge in [-0.1, -0.05) is 182 Å². The smallest absolute Gasteiger partial charge is 0.0540 e. The van der Waals surface area contributed by atoms with Gasteiger partial charge in [-0.2, -0.15) is 0 Å². The third kappa shape index (κ3) is 6.00. The fourth-order valence-electron chi connectivity index (χ4n) is 8.39. The van der Waals surface area contributed by atoms with Crippen molar-refractivity contribution >= 4 is 49.4 Å². The van der Waals surface area contributed by atoms with Gasteiger partial charge in [0.25, 0.3) is 0 Å². The number of nitrogens with zero attached hydrogens (tertiary/aromatic N) is 1. The number of rotatable bonds is 7. The number of hydrogen-bond donors (Lipinski definition) is 0. The second-order valence-corrected chi connectivity index (χ2v) is 14.6. The lowest BCUT2D eigenvalue weighted by Crippen LogP contribution is -2.10. The molecular weight excluding hydrogens is 675 g/mol. The van der Waals surface area contributed by atoms with E-state index in [0.717, 1.165) is 17.1 Å². The minimum atomic E-state index is 1.10. The average Bonchev–Trinajstić information content (AvgIpc) is 3.27. The maximum Gasteiger partial charge on any atom is 0.0540 e. The number of benzene rings is 10. The first kappa shape index (κ1) is 33.4. The molecule has 1 heteroatoms. The molecule has 10 rings (SSSR count). The molecule has 0 bridgehead atoms. The van der Waals surface area contributed by atoms with Crippen molar-refractivity contribution in [2.45, 2.75) is 6.92 Å². The van der Waals surface area contributed by atoms with Gasteiger partial charge in [0.15, 0.2) is 0 Å². The Bertz CT molecular complexity index is 3000. The van der Waals surface area contributed by atoms with Gasteiger partial charge in [0, 0.05) is 16.8 Å². The predicted octanol–water partition coefficient (Wildman–Crippen LogP) is 15.6. The number of anilines is 3. The van der Waals surface area contributed by atoms with E-state index in [-0.39, 0.29) is 0 Å². The molecule has 1 nitrogen and oxygen atoms in total. The van der Waals surface area contributed by atoms with Crippen LogP contribution in [0.1, 0.15) is 5.56 Å². The zero-order valence-electron chi connectivity index (χ0n) is 31.2. The summed E-state index contributed by atoms with van der Waals surface area (Å²) in [5.41, 5.74) is 14.4. The van der Waals surface area contributed by atoms with Crippen molar-refractivity contribution in [2.24, 2.45) is 0 Å². The summed E-state index contributed by atoms with van der Waals surface area (Å²) < 4.78 is 0. The van der Waals surface area contributed by atoms with Gasteiger partial charge in [0.2, 0.25) is 0 Å². The van der Waals surface area contributed by atoms with Crippen LogP contribution in [0.2, 0.25) is 0 Å². The summed E-state index contributed by atoms with van der Waals surface area (Å²) in [7, 11) is 0. The Balaban J connectivity index is 1.13. The van der Waals surface area contributed by atoms with Crippen molar-refractivity contribution in [2.75, 3.05) is 4.90 Å². The molecule has 56 heavy (non-hydrogen) atoms. The molecule has 0 atom stereocenters. The highest BCUT2D eigenvalue weighted by Crippen LogP contribution is 2.44. The molecule has 0 aromatic heterocycles. The number of fused-ring (bicyclic) bond motifs is 3. The topological polar surface area (TPSA) is 3.24 Å². The second-order valence-electron chi connectivity index (χ2n) is 14.6. The van der Waals surface area contributed by atoms with Crippen molar-refractivity contribution in [1.29, 1.82) is 0 Å². The van der Waals surface area contributed by atoms with E-state index < -0.39 is 0 Å². The van der Waals surface area contributed by atoms with E-state index in [0.29, 0.717) is 0 Å². The van der Waals surface area contributed by atoms with Crippen molar-refractivity contribution in [1.82, 2.24) is 0 Å². The van der Waals surface area contributed by atoms with E-state index >= 15 is 0 Å². The molecule has 0 aliphatic carbocycles. The Morgan fingerprint density at radius 3 is 1.55 bits per heavy atom. The zero-order chi connectivity index (χ0) is 37.4. The number of hydrogen-bond acceptors (Lipinski definition) is 1. The minimum Gasteiger partial charge on any atom is -0.310 e. The molecule has 0 fully saturated rings. The Labute approximate surface area is 328 Å². The summed E-state index contributed by atoms with van der Waals surface area (Å²) in [6, 6.07) is 79.5. The van der Waals surface area contributed by atoms with Gasteiger partial charge < -0.3 is 4.90 Å². The van der Waals surface area contributed by atoms with E-state index in [9.17, 15) is 0 Å². The zero-order valence-corrected chi connectivity index (χ0v) is 31.2. The van der Waals surface area contributed by atoms with Crippen molar-refractivity contribution in [3.05, 3.63) is 224 Å². The monoisotopic (exact) mass is 713 g/mol. The predicted molar refractivity (Wildman–Crippen MR) is 240 cm³/mol. The van der Waals surface area contributed by atoms with Gasteiger partial charge in [-0.15, -0.1) is 0 Å². The molecule has 0 N–H and O–H groups in total.